The Balaban J connectivity index is 1.69. The molecule has 1 saturated heterocycles. The molecule has 194 valence electrons. The summed E-state index contributed by atoms with van der Waals surface area (Å²) in [5.74, 6) is -1.06. The second-order valence-corrected chi connectivity index (χ2v) is 13.6. The van der Waals surface area contributed by atoms with E-state index in [4.69, 9.17) is 4.74 Å². The van der Waals surface area contributed by atoms with Gasteiger partial charge >= 0.3 is 12.6 Å². The number of rotatable bonds is 6. The summed E-state index contributed by atoms with van der Waals surface area (Å²) in [5.41, 5.74) is 0.390. The highest BCUT2D eigenvalue weighted by Crippen LogP contribution is 2.59. The predicted octanol–water partition coefficient (Wildman–Crippen LogP) is 3.51. The van der Waals surface area contributed by atoms with Gasteiger partial charge in [0, 0.05) is 11.5 Å². The van der Waals surface area contributed by atoms with Gasteiger partial charge in [0.2, 0.25) is 0 Å². The Kier molecular flexibility index (Phi) is 6.02. The van der Waals surface area contributed by atoms with E-state index in [1.807, 2.05) is 0 Å². The van der Waals surface area contributed by atoms with Gasteiger partial charge in [-0.15, -0.1) is 0 Å². The molecule has 2 fully saturated rings. The van der Waals surface area contributed by atoms with Crippen LogP contribution in [0.3, 0.4) is 0 Å². The number of benzene rings is 2. The van der Waals surface area contributed by atoms with Crippen LogP contribution < -0.4 is 9.04 Å². The van der Waals surface area contributed by atoms with Crippen LogP contribution in [-0.4, -0.2) is 54.1 Å². The van der Waals surface area contributed by atoms with E-state index >= 15 is 0 Å². The first-order valence-corrected chi connectivity index (χ1v) is 14.8. The summed E-state index contributed by atoms with van der Waals surface area (Å²) in [6.45, 7) is -3.11. The molecule has 1 aliphatic carbocycles. The highest BCUT2D eigenvalue weighted by Gasteiger charge is 2.60. The summed E-state index contributed by atoms with van der Waals surface area (Å²) in [4.78, 5) is 12.1. The van der Waals surface area contributed by atoms with E-state index in [9.17, 15) is 30.4 Å². The smallest absolute Gasteiger partial charge is 0.387 e. The van der Waals surface area contributed by atoms with E-state index < -0.39 is 43.9 Å². The van der Waals surface area contributed by atoms with Crippen LogP contribution in [0.2, 0.25) is 0 Å². The molecule has 1 spiro atoms. The lowest BCUT2D eigenvalue weighted by Crippen LogP contribution is -2.52. The lowest BCUT2D eigenvalue weighted by molar-refractivity contribution is -0.0500. The van der Waals surface area contributed by atoms with Gasteiger partial charge in [-0.25, -0.2) is 21.6 Å². The predicted molar refractivity (Wildman–Crippen MR) is 127 cm³/mol. The number of hydrogen-bond donors (Lipinski definition) is 0. The highest BCUT2D eigenvalue weighted by atomic mass is 32.2. The Morgan fingerprint density at radius 1 is 1.11 bits per heavy atom. The Hall–Kier alpha value is -2.73. The molecular weight excluding hydrogens is 516 g/mol. The summed E-state index contributed by atoms with van der Waals surface area (Å²) in [6, 6.07) is 9.02. The molecule has 0 bridgehead atoms. The summed E-state index contributed by atoms with van der Waals surface area (Å²) < 4.78 is 89.1. The molecule has 2 aromatic rings. The van der Waals surface area contributed by atoms with Crippen molar-refractivity contribution in [3.05, 3.63) is 53.6 Å². The number of carbonyl (C=O) groups excluding carboxylic acids is 1. The summed E-state index contributed by atoms with van der Waals surface area (Å²) >= 11 is 0. The van der Waals surface area contributed by atoms with Gasteiger partial charge in [-0.1, -0.05) is 6.07 Å². The number of methoxy groups -OCH3 is 1. The molecule has 1 unspecified atom stereocenters. The molecule has 12 heteroatoms. The zero-order valence-electron chi connectivity index (χ0n) is 19.4. The van der Waals surface area contributed by atoms with Crippen LogP contribution in [0.15, 0.2) is 47.4 Å². The van der Waals surface area contributed by atoms with Crippen molar-refractivity contribution in [2.24, 2.45) is 5.92 Å². The summed E-state index contributed by atoms with van der Waals surface area (Å²) in [6.07, 6.45) is 1.98. The van der Waals surface area contributed by atoms with E-state index in [-0.39, 0.29) is 46.5 Å². The molecule has 1 atom stereocenters. The molecule has 8 nitrogen and oxygen atoms in total. The Bertz CT molecular complexity index is 1410. The molecule has 2 aliphatic heterocycles. The molecule has 0 N–H and O–H groups in total. The van der Waals surface area contributed by atoms with E-state index in [0.29, 0.717) is 11.3 Å². The number of sulfone groups is 1. The number of carbonyl (C=O) groups is 1. The molecule has 0 aromatic heterocycles. The highest BCUT2D eigenvalue weighted by molar-refractivity contribution is 7.93. The molecule has 0 amide bonds. The number of esters is 1. The zero-order valence-corrected chi connectivity index (χ0v) is 21.0. The lowest BCUT2D eigenvalue weighted by atomic mass is 9.70. The van der Waals surface area contributed by atoms with E-state index in [1.54, 1.807) is 12.1 Å². The van der Waals surface area contributed by atoms with Gasteiger partial charge in [0.25, 0.3) is 10.0 Å². The van der Waals surface area contributed by atoms with Crippen molar-refractivity contribution < 1.29 is 39.9 Å². The minimum atomic E-state index is -4.26. The number of nitrogens with zero attached hydrogens (tertiary/aromatic N) is 1. The molecule has 36 heavy (non-hydrogen) atoms. The second-order valence-electron chi connectivity index (χ2n) is 9.47. The third-order valence-corrected chi connectivity index (χ3v) is 10.8. The van der Waals surface area contributed by atoms with Crippen LogP contribution >= 0.6 is 0 Å². The van der Waals surface area contributed by atoms with Crippen molar-refractivity contribution in [1.82, 2.24) is 0 Å². The minimum absolute atomic E-state index is 0.00458. The van der Waals surface area contributed by atoms with Crippen molar-refractivity contribution in [3.63, 3.8) is 0 Å². The average Bonchev–Trinajstić information content (AvgIpc) is 3.63. The number of fused-ring (bicyclic) bond motifs is 2. The number of hydrogen-bond acceptors (Lipinski definition) is 7. The molecular formula is C24H25F2NO7S2. The Morgan fingerprint density at radius 3 is 2.42 bits per heavy atom. The van der Waals surface area contributed by atoms with Gasteiger partial charge in [0.1, 0.15) is 15.6 Å². The van der Waals surface area contributed by atoms with Gasteiger partial charge in [0.15, 0.2) is 0 Å². The van der Waals surface area contributed by atoms with Gasteiger partial charge in [-0.3, -0.25) is 4.31 Å². The number of sulfonamides is 1. The largest absolute Gasteiger partial charge is 0.465 e. The fourth-order valence-corrected chi connectivity index (χ4v) is 9.02. The topological polar surface area (TPSA) is 107 Å². The number of ether oxygens (including phenoxy) is 2. The molecule has 1 saturated carbocycles. The monoisotopic (exact) mass is 541 g/mol. The molecule has 3 aliphatic rings. The summed E-state index contributed by atoms with van der Waals surface area (Å²) in [5, 5.41) is 0. The van der Waals surface area contributed by atoms with Crippen molar-refractivity contribution in [1.29, 1.82) is 0 Å². The third-order valence-electron chi connectivity index (χ3n) is 7.38. The molecule has 5 rings (SSSR count). The summed E-state index contributed by atoms with van der Waals surface area (Å²) in [7, 11) is -6.30. The van der Waals surface area contributed by atoms with Crippen molar-refractivity contribution in [3.8, 4) is 5.75 Å². The lowest BCUT2D eigenvalue weighted by Gasteiger charge is -2.41. The number of halogens is 2. The first kappa shape index (κ1) is 24.9. The van der Waals surface area contributed by atoms with Gasteiger partial charge in [0.05, 0.1) is 40.8 Å². The van der Waals surface area contributed by atoms with Crippen molar-refractivity contribution in [2.75, 3.05) is 22.9 Å². The van der Waals surface area contributed by atoms with Crippen LogP contribution in [0.1, 0.15) is 41.6 Å². The maximum atomic E-state index is 14.1. The fourth-order valence-electron chi connectivity index (χ4n) is 5.63. The van der Waals surface area contributed by atoms with Crippen LogP contribution in [0, 0.1) is 5.92 Å². The van der Waals surface area contributed by atoms with E-state index in [1.165, 1.54) is 35.7 Å². The van der Waals surface area contributed by atoms with Crippen LogP contribution in [0.4, 0.5) is 14.5 Å². The van der Waals surface area contributed by atoms with Gasteiger partial charge < -0.3 is 9.47 Å². The fraction of sp³-hybridized carbons (Fsp3) is 0.458. The van der Waals surface area contributed by atoms with Gasteiger partial charge in [-0.05, 0) is 67.5 Å². The normalized spacial score (nSPS) is 22.4. The second kappa shape index (κ2) is 8.69. The van der Waals surface area contributed by atoms with Crippen LogP contribution in [0.5, 0.6) is 5.75 Å². The van der Waals surface area contributed by atoms with E-state index in [2.05, 4.69) is 4.74 Å². The van der Waals surface area contributed by atoms with Crippen molar-refractivity contribution >= 4 is 31.5 Å². The average molecular weight is 542 g/mol. The quantitative estimate of drug-likeness (QED) is 0.515. The van der Waals surface area contributed by atoms with Crippen LogP contribution in [0.25, 0.3) is 0 Å². The van der Waals surface area contributed by atoms with Crippen LogP contribution in [-0.2, 0) is 30.0 Å². The minimum Gasteiger partial charge on any atom is -0.465 e. The zero-order chi connectivity index (χ0) is 25.9. The first-order valence-electron chi connectivity index (χ1n) is 11.5. The van der Waals surface area contributed by atoms with Gasteiger partial charge in [-0.2, -0.15) is 8.78 Å². The SMILES string of the molecule is COC(=O)c1ccc2c(c1)C1(CCS(=O)(=O)CC1)C(C1CC1)N2S(=O)(=O)c1cccc(OC(F)F)c1. The Labute approximate surface area is 208 Å². The first-order chi connectivity index (χ1) is 17.0. The maximum Gasteiger partial charge on any atom is 0.387 e. The standard InChI is InChI=1S/C24H25F2NO7S2/c1-33-22(28)16-7-8-20-19(13-16)24(9-11-35(29,30)12-10-24)21(15-5-6-15)27(20)36(31,32)18-4-2-3-17(14-18)34-23(25)26/h2-4,7-8,13-15,21,23H,5-6,9-12H2,1H3. The Morgan fingerprint density at radius 2 is 1.81 bits per heavy atom. The third kappa shape index (κ3) is 4.13. The van der Waals surface area contributed by atoms with Crippen molar-refractivity contribution in [2.45, 2.75) is 48.6 Å². The maximum absolute atomic E-state index is 14.1. The van der Waals surface area contributed by atoms with E-state index in [0.717, 1.165) is 18.9 Å². The molecule has 2 aromatic carbocycles. The number of anilines is 1. The molecule has 0 radical (unpaired) electrons. The molecule has 2 heterocycles. The number of alkyl halides is 2.